The fraction of sp³-hybridized carbons (Fsp3) is 0. The maximum atomic E-state index is 13.5. The Morgan fingerprint density at radius 2 is 0.610 bits per heavy atom. The Labute approximate surface area is 674 Å². The quantitative estimate of drug-likeness (QED) is 0.0442. The zero-order valence-corrected chi connectivity index (χ0v) is 62.7. The molecule has 0 radical (unpaired) electrons. The number of para-hydroxylation sites is 5. The van der Waals surface area contributed by atoms with E-state index in [0.29, 0.717) is 63.3 Å². The van der Waals surface area contributed by atoms with Crippen molar-refractivity contribution in [2.45, 2.75) is 0 Å². The van der Waals surface area contributed by atoms with Crippen LogP contribution in [0.1, 0.15) is 0 Å². The summed E-state index contributed by atoms with van der Waals surface area (Å²) < 4.78 is 26.7. The first-order valence-corrected chi connectivity index (χ1v) is 37.2. The largest absolute Gasteiger partial charge is 0.508 e. The van der Waals surface area contributed by atoms with Crippen LogP contribution in [0.4, 0.5) is 72.1 Å². The molecule has 0 aliphatic carbocycles. The van der Waals surface area contributed by atoms with Crippen LogP contribution in [-0.4, -0.2) is 80.1 Å². The van der Waals surface area contributed by atoms with E-state index in [0.717, 1.165) is 111 Å². The summed E-state index contributed by atoms with van der Waals surface area (Å²) in [4.78, 5) is 58.5. The molecule has 22 nitrogen and oxygen atoms in total. The summed E-state index contributed by atoms with van der Waals surface area (Å²) in [7, 11) is 0. The Balaban J connectivity index is 0.000000110. The number of nitrogen functional groups attached to an aromatic ring is 1. The number of nitrogens with one attached hydrogen (secondary N) is 6. The number of aromatic nitrogens is 15. The fourth-order valence-electron chi connectivity index (χ4n) is 12.5. The normalized spacial score (nSPS) is 10.7. The van der Waals surface area contributed by atoms with E-state index in [1.807, 2.05) is 243 Å². The summed E-state index contributed by atoms with van der Waals surface area (Å²) in [6, 6.07) is 99.3. The molecule has 0 unspecified atom stereocenters. The number of nitrogens with zero attached hydrogens (tertiary/aromatic N) is 14. The SMILES string of the molecule is Fc1cccc(-c2nc(Nc3ccncc3)c3ccccc3n2)c1.Nc1ccc2c(Nc3ccncc3)nc(-c3ccc(F)cc3)nc2c1.Oc1cccc(Nc2nc(-c3ccccc3)nc3ccccc23)c1.c1ccc(-c2nc(Nc3ccn[nH]3)c3ccccc3n2)cc1.c1ccc(Nc2nc(-c3ccncc3)nc3ccccc23)cc1. The molecule has 20 rings (SSSR count). The lowest BCUT2D eigenvalue weighted by atomic mass is 10.1. The van der Waals surface area contributed by atoms with Gasteiger partial charge in [0, 0.05) is 132 Å². The van der Waals surface area contributed by atoms with Gasteiger partial charge in [-0.25, -0.2) is 58.6 Å². The van der Waals surface area contributed by atoms with Gasteiger partial charge >= 0.3 is 0 Å². The molecular formula is C94H69F2N21O. The predicted octanol–water partition coefficient (Wildman–Crippen LogP) is 21.7. The smallest absolute Gasteiger partial charge is 0.162 e. The average molecular weight is 1550 g/mol. The van der Waals surface area contributed by atoms with Gasteiger partial charge in [0.25, 0.3) is 0 Å². The molecular weight excluding hydrogens is 1480 g/mol. The van der Waals surface area contributed by atoms with Crippen LogP contribution >= 0.6 is 0 Å². The topological polar surface area (TPSA) is 303 Å². The van der Waals surface area contributed by atoms with Crippen molar-refractivity contribution in [3.63, 3.8) is 0 Å². The van der Waals surface area contributed by atoms with E-state index >= 15 is 0 Å². The molecule has 0 amide bonds. The van der Waals surface area contributed by atoms with E-state index in [-0.39, 0.29) is 17.4 Å². The van der Waals surface area contributed by atoms with Gasteiger partial charge in [0.15, 0.2) is 29.1 Å². The average Bonchev–Trinajstić information content (AvgIpc) is 0.964. The molecule has 11 aromatic carbocycles. The first-order chi connectivity index (χ1) is 58.1. The number of hydrogen-bond donors (Lipinski definition) is 8. The number of halogens is 2. The molecule has 24 heteroatoms. The molecule has 0 bridgehead atoms. The first kappa shape index (κ1) is 75.3. The highest BCUT2D eigenvalue weighted by Gasteiger charge is 2.17. The van der Waals surface area contributed by atoms with Crippen LogP contribution in [0.15, 0.2) is 365 Å². The number of hydrogen-bond acceptors (Lipinski definition) is 21. The molecule has 9 aromatic heterocycles. The van der Waals surface area contributed by atoms with Gasteiger partial charge in [-0.1, -0.05) is 146 Å². The van der Waals surface area contributed by atoms with E-state index < -0.39 is 0 Å². The zero-order valence-electron chi connectivity index (χ0n) is 62.7. The number of benzene rings is 11. The van der Waals surface area contributed by atoms with E-state index in [1.165, 1.54) is 24.3 Å². The van der Waals surface area contributed by atoms with Gasteiger partial charge in [0.2, 0.25) is 0 Å². The van der Waals surface area contributed by atoms with E-state index in [4.69, 9.17) is 15.7 Å². The van der Waals surface area contributed by atoms with Crippen molar-refractivity contribution < 1.29 is 13.9 Å². The number of anilines is 11. The molecule has 0 atom stereocenters. The van der Waals surface area contributed by atoms with Crippen molar-refractivity contribution in [2.24, 2.45) is 0 Å². The molecule has 9 N–H and O–H groups in total. The van der Waals surface area contributed by atoms with Crippen molar-refractivity contribution in [3.8, 4) is 62.7 Å². The van der Waals surface area contributed by atoms with Crippen molar-refractivity contribution in [1.82, 2.24) is 75.0 Å². The highest BCUT2D eigenvalue weighted by Crippen LogP contribution is 2.34. The summed E-state index contributed by atoms with van der Waals surface area (Å²) in [6.07, 6.45) is 12.0. The third kappa shape index (κ3) is 18.9. The number of rotatable bonds is 15. The highest BCUT2D eigenvalue weighted by atomic mass is 19.1. The second-order valence-electron chi connectivity index (χ2n) is 26.3. The van der Waals surface area contributed by atoms with Crippen LogP contribution in [0.5, 0.6) is 5.75 Å². The van der Waals surface area contributed by atoms with Crippen molar-refractivity contribution in [2.75, 3.05) is 32.3 Å². The molecule has 0 fully saturated rings. The summed E-state index contributed by atoms with van der Waals surface area (Å²) in [5, 5.41) is 37.7. The minimum atomic E-state index is -0.312. The minimum Gasteiger partial charge on any atom is -0.508 e. The number of nitrogens with two attached hydrogens (primary N) is 1. The van der Waals surface area contributed by atoms with Crippen LogP contribution in [0, 0.1) is 11.6 Å². The van der Waals surface area contributed by atoms with Gasteiger partial charge < -0.3 is 37.4 Å². The van der Waals surface area contributed by atoms with Crippen molar-refractivity contribution >= 4 is 118 Å². The van der Waals surface area contributed by atoms with Crippen molar-refractivity contribution in [1.29, 1.82) is 0 Å². The summed E-state index contributed by atoms with van der Waals surface area (Å²) in [6.45, 7) is 0. The molecule has 570 valence electrons. The molecule has 0 saturated heterocycles. The maximum Gasteiger partial charge on any atom is 0.162 e. The monoisotopic (exact) mass is 1550 g/mol. The molecule has 0 saturated carbocycles. The minimum absolute atomic E-state index is 0.210. The van der Waals surface area contributed by atoms with Crippen LogP contribution < -0.4 is 32.3 Å². The zero-order chi connectivity index (χ0) is 80.2. The number of fused-ring (bicyclic) bond motifs is 5. The number of pyridine rings is 3. The Morgan fingerprint density at radius 3 is 1.06 bits per heavy atom. The number of phenols is 1. The molecule has 9 heterocycles. The third-order valence-electron chi connectivity index (χ3n) is 18.1. The lowest BCUT2D eigenvalue weighted by Gasteiger charge is -2.11. The van der Waals surface area contributed by atoms with Crippen LogP contribution in [0.2, 0.25) is 0 Å². The number of aromatic amines is 1. The second-order valence-corrected chi connectivity index (χ2v) is 26.3. The number of aromatic hydroxyl groups is 1. The van der Waals surface area contributed by atoms with Gasteiger partial charge in [-0.3, -0.25) is 20.1 Å². The molecule has 0 aliphatic rings. The van der Waals surface area contributed by atoms with Gasteiger partial charge in [0.1, 0.15) is 52.3 Å². The van der Waals surface area contributed by atoms with Gasteiger partial charge in [0.05, 0.1) is 33.8 Å². The Bertz CT molecular complexity index is 6780. The van der Waals surface area contributed by atoms with Crippen LogP contribution in [0.3, 0.4) is 0 Å². The second kappa shape index (κ2) is 36.2. The predicted molar refractivity (Wildman–Crippen MR) is 465 cm³/mol. The molecule has 0 spiro atoms. The summed E-state index contributed by atoms with van der Waals surface area (Å²) in [5.41, 5.74) is 18.5. The molecule has 118 heavy (non-hydrogen) atoms. The Morgan fingerprint density at radius 1 is 0.254 bits per heavy atom. The first-order valence-electron chi connectivity index (χ1n) is 37.2. The lowest BCUT2D eigenvalue weighted by molar-refractivity contribution is 0.475. The fourth-order valence-corrected chi connectivity index (χ4v) is 12.5. The van der Waals surface area contributed by atoms with Crippen LogP contribution in [-0.2, 0) is 0 Å². The Hall–Kier alpha value is -16.8. The maximum absolute atomic E-state index is 13.5. The van der Waals surface area contributed by atoms with Gasteiger partial charge in [-0.15, -0.1) is 0 Å². The van der Waals surface area contributed by atoms with Gasteiger partial charge in [-0.2, -0.15) is 5.10 Å². The standard InChI is InChI=1S/C20H15N3O.C19H14FN5.C19H13FN4.C19H14N4.C17H13N5/c24-16-10-6-9-15(13-16)21-20-17-11-4-5-12-18(17)22-19(23-20)14-7-2-1-3-8-14;20-13-3-1-12(2-4-13)18-24-17-11-14(21)5-6-16(17)19(25-18)23-15-7-9-22-10-8-15;20-14-5-3-4-13(12-14)18-23-17-7-2-1-6-16(17)19(24-18)22-15-8-10-21-11-9-15;1-2-6-15(7-3-1)21-19-16-8-4-5-9-17(16)22-18(23-19)14-10-12-20-13-11-14;1-2-6-12(7-3-1)16-19-14-9-5-4-8-13(14)17(21-16)20-15-10-11-18-22-15/h1-13,24H,(H,21,22,23);1-11H,21H2,(H,22,23,24,25);1-12H,(H,21,22,23,24);1-13H,(H,21,22,23);1-11H,(H2,18,19,20,21,22). The Kier molecular flexibility index (Phi) is 23.1. The van der Waals surface area contributed by atoms with Gasteiger partial charge in [-0.05, 0) is 164 Å². The summed E-state index contributed by atoms with van der Waals surface area (Å²) in [5.74, 6) is 7.00. The van der Waals surface area contributed by atoms with E-state index in [1.54, 1.807) is 98.0 Å². The number of H-pyrrole nitrogens is 1. The highest BCUT2D eigenvalue weighted by molar-refractivity contribution is 5.97. The third-order valence-corrected chi connectivity index (χ3v) is 18.1. The van der Waals surface area contributed by atoms with Crippen LogP contribution in [0.25, 0.3) is 111 Å². The van der Waals surface area contributed by atoms with E-state index in [2.05, 4.69) is 91.6 Å². The molecule has 0 aliphatic heterocycles. The van der Waals surface area contributed by atoms with E-state index in [9.17, 15) is 13.9 Å². The summed E-state index contributed by atoms with van der Waals surface area (Å²) >= 11 is 0. The lowest BCUT2D eigenvalue weighted by Crippen LogP contribution is -2.00. The van der Waals surface area contributed by atoms with Crippen molar-refractivity contribution in [3.05, 3.63) is 377 Å². The number of phenolic OH excluding ortho intramolecular Hbond substituents is 1. The molecule has 20 aromatic rings.